The number of thiazole rings is 1. The first-order valence-electron chi connectivity index (χ1n) is 7.95. The standard InChI is InChI=1S/C16H21N5O2S/c1-9(2)15-17-8-12(24-15)14(22)18-11-5-6-21(16(11)23)13-7-10(3)19-20(13)4/h7-9,11H,5-6H2,1-4H3,(H,18,22)/t11-/m0/s1. The van der Waals surface area contributed by atoms with Crippen LogP contribution < -0.4 is 10.2 Å². The second-order valence-electron chi connectivity index (χ2n) is 6.29. The molecule has 8 heteroatoms. The van der Waals surface area contributed by atoms with Crippen molar-refractivity contribution >= 4 is 29.0 Å². The number of hydrogen-bond donors (Lipinski definition) is 1. The average molecular weight is 347 g/mol. The van der Waals surface area contributed by atoms with Gasteiger partial charge in [0.15, 0.2) is 0 Å². The van der Waals surface area contributed by atoms with Gasteiger partial charge in [-0.25, -0.2) is 4.98 Å². The largest absolute Gasteiger partial charge is 0.339 e. The number of hydrogen-bond acceptors (Lipinski definition) is 5. The van der Waals surface area contributed by atoms with Crippen LogP contribution in [0, 0.1) is 6.92 Å². The van der Waals surface area contributed by atoms with E-state index >= 15 is 0 Å². The van der Waals surface area contributed by atoms with Crippen LogP contribution >= 0.6 is 11.3 Å². The fourth-order valence-corrected chi connectivity index (χ4v) is 3.60. The molecule has 2 aromatic heterocycles. The van der Waals surface area contributed by atoms with Gasteiger partial charge in [-0.3, -0.25) is 19.2 Å². The molecule has 0 bridgehead atoms. The molecule has 1 aliphatic rings. The van der Waals surface area contributed by atoms with Crippen molar-refractivity contribution in [2.75, 3.05) is 11.4 Å². The molecule has 1 N–H and O–H groups in total. The summed E-state index contributed by atoms with van der Waals surface area (Å²) in [6.07, 6.45) is 2.17. The Morgan fingerprint density at radius 2 is 2.21 bits per heavy atom. The lowest BCUT2D eigenvalue weighted by molar-refractivity contribution is -0.118. The molecule has 0 aromatic carbocycles. The second kappa shape index (κ2) is 6.35. The second-order valence-corrected chi connectivity index (χ2v) is 7.35. The fourth-order valence-electron chi connectivity index (χ4n) is 2.78. The molecule has 1 aliphatic heterocycles. The summed E-state index contributed by atoms with van der Waals surface area (Å²) in [6.45, 7) is 6.53. The maximum Gasteiger partial charge on any atom is 0.263 e. The molecule has 128 valence electrons. The summed E-state index contributed by atoms with van der Waals surface area (Å²) in [6, 6.07) is 1.37. The van der Waals surface area contributed by atoms with Crippen LogP contribution in [0.2, 0.25) is 0 Å². The highest BCUT2D eigenvalue weighted by molar-refractivity contribution is 7.13. The summed E-state index contributed by atoms with van der Waals surface area (Å²) in [5.41, 5.74) is 0.860. The van der Waals surface area contributed by atoms with Crippen molar-refractivity contribution in [2.45, 2.75) is 39.2 Å². The van der Waals surface area contributed by atoms with Gasteiger partial charge in [0.1, 0.15) is 16.7 Å². The van der Waals surface area contributed by atoms with Gasteiger partial charge in [-0.05, 0) is 13.3 Å². The Morgan fingerprint density at radius 1 is 1.46 bits per heavy atom. The minimum absolute atomic E-state index is 0.0973. The predicted octanol–water partition coefficient (Wildman–Crippen LogP) is 1.84. The highest BCUT2D eigenvalue weighted by Gasteiger charge is 2.35. The third-order valence-corrected chi connectivity index (χ3v) is 5.30. The van der Waals surface area contributed by atoms with Gasteiger partial charge in [0.25, 0.3) is 11.8 Å². The van der Waals surface area contributed by atoms with E-state index in [0.717, 1.165) is 16.5 Å². The van der Waals surface area contributed by atoms with E-state index in [9.17, 15) is 9.59 Å². The van der Waals surface area contributed by atoms with Crippen LogP contribution in [-0.2, 0) is 11.8 Å². The van der Waals surface area contributed by atoms with E-state index in [1.54, 1.807) is 15.8 Å². The number of anilines is 1. The zero-order chi connectivity index (χ0) is 17.4. The first-order chi connectivity index (χ1) is 11.4. The Hall–Kier alpha value is -2.22. The number of carbonyl (C=O) groups excluding carboxylic acids is 2. The van der Waals surface area contributed by atoms with Crippen molar-refractivity contribution in [1.82, 2.24) is 20.1 Å². The maximum atomic E-state index is 12.6. The van der Waals surface area contributed by atoms with E-state index in [-0.39, 0.29) is 17.7 Å². The molecule has 0 unspecified atom stereocenters. The Labute approximate surface area is 144 Å². The molecule has 0 aliphatic carbocycles. The molecular weight excluding hydrogens is 326 g/mol. The smallest absolute Gasteiger partial charge is 0.263 e. The first-order valence-corrected chi connectivity index (χ1v) is 8.77. The van der Waals surface area contributed by atoms with Crippen LogP contribution in [0.4, 0.5) is 5.82 Å². The molecule has 3 heterocycles. The molecule has 7 nitrogen and oxygen atoms in total. The van der Waals surface area contributed by atoms with Crippen molar-refractivity contribution in [3.05, 3.63) is 27.8 Å². The molecule has 1 fully saturated rings. The van der Waals surface area contributed by atoms with Crippen LogP contribution in [0.3, 0.4) is 0 Å². The van der Waals surface area contributed by atoms with E-state index in [1.165, 1.54) is 11.3 Å². The number of amides is 2. The lowest BCUT2D eigenvalue weighted by Gasteiger charge is -2.16. The van der Waals surface area contributed by atoms with Gasteiger partial charge < -0.3 is 5.32 Å². The van der Waals surface area contributed by atoms with Crippen molar-refractivity contribution in [1.29, 1.82) is 0 Å². The molecular formula is C16H21N5O2S. The summed E-state index contributed by atoms with van der Waals surface area (Å²) in [4.78, 5) is 31.5. The molecule has 24 heavy (non-hydrogen) atoms. The molecule has 1 saturated heterocycles. The summed E-state index contributed by atoms with van der Waals surface area (Å²) >= 11 is 1.37. The summed E-state index contributed by atoms with van der Waals surface area (Å²) < 4.78 is 1.69. The molecule has 0 spiro atoms. The quantitative estimate of drug-likeness (QED) is 0.915. The van der Waals surface area contributed by atoms with Crippen LogP contribution in [0.1, 0.15) is 46.6 Å². The number of carbonyl (C=O) groups is 2. The minimum Gasteiger partial charge on any atom is -0.339 e. The summed E-state index contributed by atoms with van der Waals surface area (Å²) in [5, 5.41) is 8.03. The van der Waals surface area contributed by atoms with E-state index in [4.69, 9.17) is 0 Å². The Bertz CT molecular complexity index is 779. The number of nitrogens with one attached hydrogen (secondary N) is 1. The highest BCUT2D eigenvalue weighted by Crippen LogP contribution is 2.24. The van der Waals surface area contributed by atoms with E-state index in [1.807, 2.05) is 33.9 Å². The van der Waals surface area contributed by atoms with Crippen molar-refractivity contribution in [2.24, 2.45) is 7.05 Å². The molecule has 0 radical (unpaired) electrons. The van der Waals surface area contributed by atoms with E-state index in [2.05, 4.69) is 15.4 Å². The number of aromatic nitrogens is 3. The van der Waals surface area contributed by atoms with Crippen molar-refractivity contribution < 1.29 is 9.59 Å². The van der Waals surface area contributed by atoms with Crippen molar-refractivity contribution in [3.63, 3.8) is 0 Å². The Kier molecular flexibility index (Phi) is 4.40. The molecule has 3 rings (SSSR count). The van der Waals surface area contributed by atoms with Gasteiger partial charge in [-0.15, -0.1) is 11.3 Å². The number of aryl methyl sites for hydroxylation is 2. The molecule has 2 aromatic rings. The van der Waals surface area contributed by atoms with Gasteiger partial charge in [0, 0.05) is 25.6 Å². The number of nitrogens with zero attached hydrogens (tertiary/aromatic N) is 4. The highest BCUT2D eigenvalue weighted by atomic mass is 32.1. The Balaban J connectivity index is 1.69. The van der Waals surface area contributed by atoms with Crippen LogP contribution in [0.15, 0.2) is 12.3 Å². The fraction of sp³-hybridized carbons (Fsp3) is 0.500. The third-order valence-electron chi connectivity index (χ3n) is 4.01. The third kappa shape index (κ3) is 3.06. The predicted molar refractivity (Wildman–Crippen MR) is 92.4 cm³/mol. The summed E-state index contributed by atoms with van der Waals surface area (Å²) in [5.74, 6) is 0.711. The lowest BCUT2D eigenvalue weighted by Crippen LogP contribution is -2.41. The zero-order valence-corrected chi connectivity index (χ0v) is 15.1. The topological polar surface area (TPSA) is 80.1 Å². The van der Waals surface area contributed by atoms with Crippen molar-refractivity contribution in [3.8, 4) is 0 Å². The normalized spacial score (nSPS) is 17.8. The van der Waals surface area contributed by atoms with Gasteiger partial charge in [0.05, 0.1) is 16.9 Å². The van der Waals surface area contributed by atoms with E-state index in [0.29, 0.717) is 17.8 Å². The molecule has 1 atom stereocenters. The first kappa shape index (κ1) is 16.6. The maximum absolute atomic E-state index is 12.6. The summed E-state index contributed by atoms with van der Waals surface area (Å²) in [7, 11) is 1.81. The van der Waals surface area contributed by atoms with Gasteiger partial charge >= 0.3 is 0 Å². The van der Waals surface area contributed by atoms with Gasteiger partial charge in [0.2, 0.25) is 0 Å². The lowest BCUT2D eigenvalue weighted by atomic mass is 10.2. The van der Waals surface area contributed by atoms with E-state index < -0.39 is 6.04 Å². The average Bonchev–Trinajstić information content (AvgIpc) is 3.20. The van der Waals surface area contributed by atoms with Crippen LogP contribution in [-0.4, -0.2) is 39.2 Å². The molecule has 0 saturated carbocycles. The van der Waals surface area contributed by atoms with Crippen LogP contribution in [0.5, 0.6) is 0 Å². The number of rotatable bonds is 4. The Morgan fingerprint density at radius 3 is 2.79 bits per heavy atom. The van der Waals surface area contributed by atoms with Gasteiger partial charge in [-0.1, -0.05) is 13.8 Å². The van der Waals surface area contributed by atoms with Gasteiger partial charge in [-0.2, -0.15) is 5.10 Å². The monoisotopic (exact) mass is 347 g/mol. The minimum atomic E-state index is -0.502. The SMILES string of the molecule is Cc1cc(N2CC[C@H](NC(=O)c3cnc(C(C)C)s3)C2=O)n(C)n1. The van der Waals surface area contributed by atoms with Crippen LogP contribution in [0.25, 0.3) is 0 Å². The molecule has 2 amide bonds. The zero-order valence-electron chi connectivity index (χ0n) is 14.2.